The molecular formula is C24H34N4O3+2. The fourth-order valence-corrected chi connectivity index (χ4v) is 3.88. The molecule has 1 atom stereocenters. The highest BCUT2D eigenvalue weighted by atomic mass is 16.5. The molecule has 31 heavy (non-hydrogen) atoms. The maximum Gasteiger partial charge on any atom is 0.279 e. The average molecular weight is 427 g/mol. The highest BCUT2D eigenvalue weighted by Crippen LogP contribution is 2.11. The van der Waals surface area contributed by atoms with E-state index in [1.807, 2.05) is 61.3 Å². The Bertz CT molecular complexity index is 877. The number of carbonyl (C=O) groups excluding carboxylic acids is 2. The first-order valence-corrected chi connectivity index (χ1v) is 10.8. The number of amides is 2. The predicted octanol–water partition coefficient (Wildman–Crippen LogP) is -0.616. The molecule has 1 heterocycles. The molecular weight excluding hydrogens is 392 g/mol. The van der Waals surface area contributed by atoms with Crippen molar-refractivity contribution in [3.8, 4) is 5.75 Å². The van der Waals surface area contributed by atoms with E-state index >= 15 is 0 Å². The molecule has 0 saturated carbocycles. The van der Waals surface area contributed by atoms with Crippen LogP contribution in [0.4, 0.5) is 5.69 Å². The number of methoxy groups -OCH3 is 1. The van der Waals surface area contributed by atoms with E-state index in [0.29, 0.717) is 26.2 Å². The van der Waals surface area contributed by atoms with Crippen molar-refractivity contribution >= 4 is 17.5 Å². The fraction of sp³-hybridized carbons (Fsp3) is 0.417. The second-order valence-corrected chi connectivity index (χ2v) is 8.38. The highest BCUT2D eigenvalue weighted by Gasteiger charge is 2.26. The van der Waals surface area contributed by atoms with Gasteiger partial charge in [0.25, 0.3) is 11.8 Å². The van der Waals surface area contributed by atoms with Crippen molar-refractivity contribution < 1.29 is 24.1 Å². The number of hydrogen-bond acceptors (Lipinski definition) is 3. The highest BCUT2D eigenvalue weighted by molar-refractivity contribution is 5.91. The summed E-state index contributed by atoms with van der Waals surface area (Å²) in [4.78, 5) is 29.3. The molecule has 2 aromatic rings. The second-order valence-electron chi connectivity index (χ2n) is 8.38. The van der Waals surface area contributed by atoms with Gasteiger partial charge in [0, 0.05) is 11.3 Å². The van der Waals surface area contributed by atoms with Gasteiger partial charge in [0.15, 0.2) is 13.1 Å². The number of carbonyl (C=O) groups is 2. The summed E-state index contributed by atoms with van der Waals surface area (Å²) in [5.41, 5.74) is 3.14. The van der Waals surface area contributed by atoms with Crippen LogP contribution in [0.1, 0.15) is 11.1 Å². The van der Waals surface area contributed by atoms with Crippen molar-refractivity contribution in [1.82, 2.24) is 4.90 Å². The number of nitrogens with zero attached hydrogens (tertiary/aromatic N) is 1. The number of rotatable bonds is 8. The number of aryl methyl sites for hydroxylation is 1. The maximum absolute atomic E-state index is 12.7. The van der Waals surface area contributed by atoms with Crippen LogP contribution in [-0.4, -0.2) is 70.1 Å². The van der Waals surface area contributed by atoms with Gasteiger partial charge in [-0.2, -0.15) is 0 Å². The molecule has 1 saturated heterocycles. The lowest BCUT2D eigenvalue weighted by molar-refractivity contribution is -0.896. The normalized spacial score (nSPS) is 15.4. The lowest BCUT2D eigenvalue weighted by Gasteiger charge is -2.32. The van der Waals surface area contributed by atoms with Crippen LogP contribution in [0.5, 0.6) is 5.75 Å². The predicted molar refractivity (Wildman–Crippen MR) is 120 cm³/mol. The fourth-order valence-electron chi connectivity index (χ4n) is 3.88. The van der Waals surface area contributed by atoms with Crippen molar-refractivity contribution in [3.63, 3.8) is 0 Å². The third-order valence-corrected chi connectivity index (χ3v) is 5.66. The van der Waals surface area contributed by atoms with E-state index in [4.69, 9.17) is 4.74 Å². The third-order valence-electron chi connectivity index (χ3n) is 5.66. The molecule has 2 aromatic carbocycles. The Hall–Kier alpha value is -2.90. The Morgan fingerprint density at radius 1 is 1.13 bits per heavy atom. The molecule has 1 aliphatic rings. The van der Waals surface area contributed by atoms with E-state index in [1.54, 1.807) is 7.11 Å². The SMILES string of the molecule is COc1cccc(C[NH+](C)CC(=O)N2CC[NH+](CC(=O)Nc3ccc(C)cc3)CC2)c1. The molecule has 1 aliphatic heterocycles. The number of piperazine rings is 1. The Kier molecular flexibility index (Phi) is 8.03. The number of hydrogen-bond donors (Lipinski definition) is 3. The Morgan fingerprint density at radius 2 is 1.84 bits per heavy atom. The van der Waals surface area contributed by atoms with Crippen LogP contribution < -0.4 is 19.9 Å². The van der Waals surface area contributed by atoms with E-state index in [-0.39, 0.29) is 11.8 Å². The molecule has 3 N–H and O–H groups in total. The van der Waals surface area contributed by atoms with E-state index < -0.39 is 0 Å². The minimum atomic E-state index is 0.0149. The first-order chi connectivity index (χ1) is 14.9. The summed E-state index contributed by atoms with van der Waals surface area (Å²) in [6.45, 7) is 6.65. The van der Waals surface area contributed by atoms with Crippen LogP contribution >= 0.6 is 0 Å². The summed E-state index contributed by atoms with van der Waals surface area (Å²) < 4.78 is 5.27. The van der Waals surface area contributed by atoms with Crippen molar-refractivity contribution in [2.75, 3.05) is 58.7 Å². The van der Waals surface area contributed by atoms with Gasteiger partial charge in [-0.1, -0.05) is 29.8 Å². The first-order valence-electron chi connectivity index (χ1n) is 10.8. The molecule has 1 fully saturated rings. The molecule has 2 amide bonds. The number of likely N-dealkylation sites (N-methyl/N-ethyl adjacent to an activating group) is 1. The molecule has 0 spiro atoms. The molecule has 0 aliphatic carbocycles. The van der Waals surface area contributed by atoms with Crippen LogP contribution in [0.15, 0.2) is 48.5 Å². The Labute approximate surface area is 184 Å². The van der Waals surface area contributed by atoms with Crippen molar-refractivity contribution in [3.05, 3.63) is 59.7 Å². The summed E-state index contributed by atoms with van der Waals surface area (Å²) >= 11 is 0. The van der Waals surface area contributed by atoms with Crippen LogP contribution in [-0.2, 0) is 16.1 Å². The molecule has 166 valence electrons. The molecule has 0 bridgehead atoms. The van der Waals surface area contributed by atoms with E-state index in [9.17, 15) is 9.59 Å². The van der Waals surface area contributed by atoms with Gasteiger partial charge in [-0.05, 0) is 31.2 Å². The minimum absolute atomic E-state index is 0.0149. The quantitative estimate of drug-likeness (QED) is 0.527. The number of ether oxygens (including phenoxy) is 1. The van der Waals surface area contributed by atoms with Gasteiger partial charge in [-0.15, -0.1) is 0 Å². The standard InChI is InChI=1S/C24H32N4O3/c1-19-7-9-21(10-8-19)25-23(29)17-27-11-13-28(14-12-27)24(30)18-26(2)16-20-5-4-6-22(15-20)31-3/h4-10,15H,11-14,16-18H2,1-3H3,(H,25,29)/p+2. The average Bonchev–Trinajstić information content (AvgIpc) is 2.76. The maximum atomic E-state index is 12.7. The summed E-state index contributed by atoms with van der Waals surface area (Å²) in [6, 6.07) is 15.8. The van der Waals surface area contributed by atoms with Gasteiger partial charge >= 0.3 is 0 Å². The van der Waals surface area contributed by atoms with Crippen LogP contribution in [0.25, 0.3) is 0 Å². The number of benzene rings is 2. The summed E-state index contributed by atoms with van der Waals surface area (Å²) in [6.07, 6.45) is 0. The van der Waals surface area contributed by atoms with E-state index in [1.165, 1.54) is 10.5 Å². The summed E-state index contributed by atoms with van der Waals surface area (Å²) in [5.74, 6) is 1.02. The van der Waals surface area contributed by atoms with Gasteiger partial charge < -0.3 is 24.8 Å². The van der Waals surface area contributed by atoms with Crippen molar-refractivity contribution in [1.29, 1.82) is 0 Å². The lowest BCUT2D eigenvalue weighted by atomic mass is 10.2. The minimum Gasteiger partial charge on any atom is -0.497 e. The van der Waals surface area contributed by atoms with Crippen molar-refractivity contribution in [2.45, 2.75) is 13.5 Å². The molecule has 7 heteroatoms. The molecule has 7 nitrogen and oxygen atoms in total. The zero-order valence-electron chi connectivity index (χ0n) is 18.7. The molecule has 1 unspecified atom stereocenters. The summed E-state index contributed by atoms with van der Waals surface area (Å²) in [5, 5.41) is 2.96. The largest absolute Gasteiger partial charge is 0.497 e. The third kappa shape index (κ3) is 7.08. The second kappa shape index (κ2) is 10.9. The van der Waals surface area contributed by atoms with Crippen LogP contribution in [0.3, 0.4) is 0 Å². The van der Waals surface area contributed by atoms with Crippen LogP contribution in [0.2, 0.25) is 0 Å². The Morgan fingerprint density at radius 3 is 2.52 bits per heavy atom. The number of anilines is 1. The molecule has 0 aromatic heterocycles. The molecule has 3 rings (SSSR count). The van der Waals surface area contributed by atoms with Crippen molar-refractivity contribution in [2.24, 2.45) is 0 Å². The van der Waals surface area contributed by atoms with Gasteiger partial charge in [-0.3, -0.25) is 9.59 Å². The molecule has 0 radical (unpaired) electrons. The van der Waals surface area contributed by atoms with E-state index in [0.717, 1.165) is 41.5 Å². The smallest absolute Gasteiger partial charge is 0.279 e. The lowest BCUT2D eigenvalue weighted by Crippen LogP contribution is -3.16. The van der Waals surface area contributed by atoms with Gasteiger partial charge in [0.05, 0.1) is 40.3 Å². The monoisotopic (exact) mass is 426 g/mol. The van der Waals surface area contributed by atoms with E-state index in [2.05, 4.69) is 11.4 Å². The number of nitrogens with one attached hydrogen (secondary N) is 3. The number of quaternary nitrogens is 2. The Balaban J connectivity index is 1.39. The van der Waals surface area contributed by atoms with Crippen LogP contribution in [0, 0.1) is 6.92 Å². The van der Waals surface area contributed by atoms with Gasteiger partial charge in [0.2, 0.25) is 0 Å². The zero-order chi connectivity index (χ0) is 22.2. The zero-order valence-corrected chi connectivity index (χ0v) is 18.7. The summed E-state index contributed by atoms with van der Waals surface area (Å²) in [7, 11) is 3.70. The first kappa shape index (κ1) is 22.8. The van der Waals surface area contributed by atoms with Gasteiger partial charge in [0.1, 0.15) is 12.3 Å². The topological polar surface area (TPSA) is 67.5 Å². The van der Waals surface area contributed by atoms with Gasteiger partial charge in [-0.25, -0.2) is 0 Å².